The van der Waals surface area contributed by atoms with Gasteiger partial charge in [-0.2, -0.15) is 0 Å². The maximum Gasteiger partial charge on any atom is 0.328 e. The molecule has 92 valence electrons. The minimum Gasteiger partial charge on any atom is -0.478 e. The third kappa shape index (κ3) is 2.63. The second-order valence-corrected chi connectivity index (χ2v) is 3.82. The maximum absolute atomic E-state index is 13.1. The standard InChI is InChI=1S/C13H11FN2O2/c1-8-6-9(2-3-10(8)14)11-7-15-12(16-11)4-5-13(17)18/h2-7H,1H3,(H,15,16)(H,17,18)/b5-4+. The highest BCUT2D eigenvalue weighted by Crippen LogP contribution is 2.20. The van der Waals surface area contributed by atoms with Crippen LogP contribution in [0.4, 0.5) is 4.39 Å². The topological polar surface area (TPSA) is 66.0 Å². The number of imidazole rings is 1. The molecule has 0 radical (unpaired) electrons. The molecule has 2 N–H and O–H groups in total. The van der Waals surface area contributed by atoms with Gasteiger partial charge in [-0.25, -0.2) is 14.2 Å². The van der Waals surface area contributed by atoms with Crippen LogP contribution in [0.1, 0.15) is 11.4 Å². The molecule has 0 saturated heterocycles. The van der Waals surface area contributed by atoms with Crippen LogP contribution in [0.25, 0.3) is 17.3 Å². The lowest BCUT2D eigenvalue weighted by molar-refractivity contribution is -0.131. The van der Waals surface area contributed by atoms with E-state index < -0.39 is 5.97 Å². The van der Waals surface area contributed by atoms with Crippen LogP contribution in [0.15, 0.2) is 30.5 Å². The number of nitrogens with one attached hydrogen (secondary N) is 1. The fourth-order valence-electron chi connectivity index (χ4n) is 1.53. The molecule has 1 aromatic carbocycles. The van der Waals surface area contributed by atoms with Gasteiger partial charge in [0.2, 0.25) is 0 Å². The molecule has 0 saturated carbocycles. The Labute approximate surface area is 103 Å². The number of aliphatic carboxylic acids is 1. The number of carboxylic acids is 1. The lowest BCUT2D eigenvalue weighted by Crippen LogP contribution is -1.87. The number of hydrogen-bond donors (Lipinski definition) is 2. The normalized spacial score (nSPS) is 11.0. The minimum atomic E-state index is -1.04. The molecule has 0 spiro atoms. The summed E-state index contributed by atoms with van der Waals surface area (Å²) in [6.07, 6.45) is 3.94. The van der Waals surface area contributed by atoms with Gasteiger partial charge in [0.1, 0.15) is 11.6 Å². The predicted octanol–water partition coefficient (Wildman–Crippen LogP) is 2.62. The molecule has 0 atom stereocenters. The first-order valence-electron chi connectivity index (χ1n) is 5.29. The van der Waals surface area contributed by atoms with Crippen LogP contribution in [0.2, 0.25) is 0 Å². The van der Waals surface area contributed by atoms with E-state index in [9.17, 15) is 9.18 Å². The van der Waals surface area contributed by atoms with Crippen LogP contribution in [0, 0.1) is 12.7 Å². The number of aryl methyl sites for hydroxylation is 1. The highest BCUT2D eigenvalue weighted by molar-refractivity contribution is 5.84. The number of carbonyl (C=O) groups is 1. The largest absolute Gasteiger partial charge is 0.478 e. The fourth-order valence-corrected chi connectivity index (χ4v) is 1.53. The zero-order valence-corrected chi connectivity index (χ0v) is 9.64. The van der Waals surface area contributed by atoms with Gasteiger partial charge in [-0.3, -0.25) is 0 Å². The first-order chi connectivity index (χ1) is 8.56. The highest BCUT2D eigenvalue weighted by Gasteiger charge is 2.04. The summed E-state index contributed by atoms with van der Waals surface area (Å²) in [5, 5.41) is 8.50. The summed E-state index contributed by atoms with van der Waals surface area (Å²) >= 11 is 0. The van der Waals surface area contributed by atoms with Crippen molar-refractivity contribution in [3.63, 3.8) is 0 Å². The van der Waals surface area contributed by atoms with Gasteiger partial charge in [-0.1, -0.05) is 0 Å². The van der Waals surface area contributed by atoms with Crippen molar-refractivity contribution < 1.29 is 14.3 Å². The van der Waals surface area contributed by atoms with Crippen LogP contribution in [0.5, 0.6) is 0 Å². The van der Waals surface area contributed by atoms with Crippen molar-refractivity contribution in [1.29, 1.82) is 0 Å². The molecule has 0 bridgehead atoms. The molecule has 0 aliphatic rings. The number of aromatic nitrogens is 2. The third-order valence-electron chi connectivity index (χ3n) is 2.45. The van der Waals surface area contributed by atoms with Gasteiger partial charge < -0.3 is 10.1 Å². The van der Waals surface area contributed by atoms with Gasteiger partial charge in [0.15, 0.2) is 0 Å². The molecule has 4 nitrogen and oxygen atoms in total. The van der Waals surface area contributed by atoms with E-state index in [2.05, 4.69) is 9.97 Å². The van der Waals surface area contributed by atoms with Gasteiger partial charge in [0.05, 0.1) is 11.9 Å². The monoisotopic (exact) mass is 246 g/mol. The molecular formula is C13H11FN2O2. The molecule has 0 aliphatic carbocycles. The van der Waals surface area contributed by atoms with Crippen molar-refractivity contribution in [2.24, 2.45) is 0 Å². The minimum absolute atomic E-state index is 0.260. The van der Waals surface area contributed by atoms with Crippen LogP contribution in [0.3, 0.4) is 0 Å². The van der Waals surface area contributed by atoms with Gasteiger partial charge >= 0.3 is 5.97 Å². The SMILES string of the molecule is Cc1cc(-c2cnc(/C=C/C(=O)O)[nH]2)ccc1F. The average Bonchev–Trinajstić information content (AvgIpc) is 2.79. The molecule has 2 rings (SSSR count). The zero-order chi connectivity index (χ0) is 13.1. The van der Waals surface area contributed by atoms with Gasteiger partial charge in [0.25, 0.3) is 0 Å². The highest BCUT2D eigenvalue weighted by atomic mass is 19.1. The average molecular weight is 246 g/mol. The molecule has 0 amide bonds. The van der Waals surface area contributed by atoms with E-state index in [4.69, 9.17) is 5.11 Å². The summed E-state index contributed by atoms with van der Waals surface area (Å²) in [6.45, 7) is 1.68. The predicted molar refractivity (Wildman–Crippen MR) is 65.4 cm³/mol. The van der Waals surface area contributed by atoms with Crippen molar-refractivity contribution in [3.8, 4) is 11.3 Å². The number of hydrogen-bond acceptors (Lipinski definition) is 2. The molecule has 2 aromatic rings. The summed E-state index contributed by atoms with van der Waals surface area (Å²) in [5.41, 5.74) is 2.06. The van der Waals surface area contributed by atoms with Crippen LogP contribution < -0.4 is 0 Å². The Morgan fingerprint density at radius 3 is 2.94 bits per heavy atom. The molecule has 0 aliphatic heterocycles. The zero-order valence-electron chi connectivity index (χ0n) is 9.64. The van der Waals surface area contributed by atoms with Gasteiger partial charge in [-0.15, -0.1) is 0 Å². The fraction of sp³-hybridized carbons (Fsp3) is 0.0769. The second-order valence-electron chi connectivity index (χ2n) is 3.82. The van der Waals surface area contributed by atoms with Crippen LogP contribution >= 0.6 is 0 Å². The van der Waals surface area contributed by atoms with Crippen molar-refractivity contribution in [2.75, 3.05) is 0 Å². The smallest absolute Gasteiger partial charge is 0.328 e. The lowest BCUT2D eigenvalue weighted by atomic mass is 10.1. The Morgan fingerprint density at radius 1 is 1.50 bits per heavy atom. The van der Waals surface area contributed by atoms with Crippen molar-refractivity contribution in [1.82, 2.24) is 9.97 Å². The molecular weight excluding hydrogens is 235 g/mol. The summed E-state index contributed by atoms with van der Waals surface area (Å²) < 4.78 is 13.1. The number of H-pyrrole nitrogens is 1. The number of nitrogens with zero attached hydrogens (tertiary/aromatic N) is 1. The Kier molecular flexibility index (Phi) is 3.23. The molecule has 5 heteroatoms. The van der Waals surface area contributed by atoms with Gasteiger partial charge in [0, 0.05) is 11.6 Å². The summed E-state index contributed by atoms with van der Waals surface area (Å²) in [5.74, 6) is -0.857. The van der Waals surface area contributed by atoms with E-state index in [0.29, 0.717) is 17.1 Å². The first kappa shape index (κ1) is 12.0. The molecule has 1 heterocycles. The summed E-state index contributed by atoms with van der Waals surface area (Å²) in [4.78, 5) is 17.3. The van der Waals surface area contributed by atoms with E-state index in [-0.39, 0.29) is 5.82 Å². The Morgan fingerprint density at radius 2 is 2.28 bits per heavy atom. The molecule has 18 heavy (non-hydrogen) atoms. The van der Waals surface area contributed by atoms with E-state index in [0.717, 1.165) is 11.6 Å². The van der Waals surface area contributed by atoms with Crippen LogP contribution in [-0.4, -0.2) is 21.0 Å². The summed E-state index contributed by atoms with van der Waals surface area (Å²) in [6, 6.07) is 4.73. The Hall–Kier alpha value is -2.43. The number of aromatic amines is 1. The first-order valence-corrected chi connectivity index (χ1v) is 5.29. The van der Waals surface area contributed by atoms with Crippen molar-refractivity contribution in [3.05, 3.63) is 47.7 Å². The molecule has 0 unspecified atom stereocenters. The maximum atomic E-state index is 13.1. The van der Waals surface area contributed by atoms with Crippen molar-refractivity contribution >= 4 is 12.0 Å². The number of halogens is 1. The van der Waals surface area contributed by atoms with E-state index >= 15 is 0 Å². The number of rotatable bonds is 3. The quantitative estimate of drug-likeness (QED) is 0.818. The number of benzene rings is 1. The Bertz CT molecular complexity index is 617. The molecule has 1 aromatic heterocycles. The number of carboxylic acid groups (broad SMARTS) is 1. The molecule has 0 fully saturated rings. The Balaban J connectivity index is 2.29. The third-order valence-corrected chi connectivity index (χ3v) is 2.45. The van der Waals surface area contributed by atoms with Crippen molar-refractivity contribution in [2.45, 2.75) is 6.92 Å². The lowest BCUT2D eigenvalue weighted by Gasteiger charge is -2.00. The van der Waals surface area contributed by atoms with Crippen LogP contribution in [-0.2, 0) is 4.79 Å². The second kappa shape index (κ2) is 4.83. The van der Waals surface area contributed by atoms with Gasteiger partial charge in [-0.05, 0) is 36.8 Å². The van der Waals surface area contributed by atoms with E-state index in [1.807, 2.05) is 0 Å². The summed E-state index contributed by atoms with van der Waals surface area (Å²) in [7, 11) is 0. The van der Waals surface area contributed by atoms with E-state index in [1.165, 1.54) is 12.1 Å². The van der Waals surface area contributed by atoms with E-state index in [1.54, 1.807) is 25.3 Å².